The summed E-state index contributed by atoms with van der Waals surface area (Å²) < 4.78 is 52.9. The topological polar surface area (TPSA) is 123 Å². The molecule has 2 aromatic heterocycles. The Morgan fingerprint density at radius 2 is 1.77 bits per heavy atom. The Hall–Kier alpha value is -4.25. The minimum absolute atomic E-state index is 0.000218. The van der Waals surface area contributed by atoms with E-state index in [2.05, 4.69) is 20.0 Å². The van der Waals surface area contributed by atoms with Gasteiger partial charge in [0.25, 0.3) is 15.9 Å². The van der Waals surface area contributed by atoms with Crippen molar-refractivity contribution in [1.82, 2.24) is 9.97 Å². The first-order valence-corrected chi connectivity index (χ1v) is 11.8. The predicted molar refractivity (Wildman–Crippen MR) is 127 cm³/mol. The summed E-state index contributed by atoms with van der Waals surface area (Å²) in [5.41, 5.74) is 1.83. The molecule has 2 N–H and O–H groups in total. The van der Waals surface area contributed by atoms with Crippen molar-refractivity contribution >= 4 is 27.3 Å². The standard InChI is InChI=1S/C24H21FN4O5S/c1-14-9-17(25)10-15(2)21(14)29-35(31,32)20-11-18(12-26-24(20)33-3)27-22(30)19-13-34-23(28-19)16-7-5-4-6-8-16/h4-13,29H,1-3H3,(H,27,30). The summed E-state index contributed by atoms with van der Waals surface area (Å²) in [6.45, 7) is 3.17. The van der Waals surface area contributed by atoms with Gasteiger partial charge >= 0.3 is 0 Å². The summed E-state index contributed by atoms with van der Waals surface area (Å²) in [6, 6.07) is 12.7. The van der Waals surface area contributed by atoms with E-state index in [-0.39, 0.29) is 33.7 Å². The van der Waals surface area contributed by atoms with Crippen LogP contribution in [0.15, 0.2) is 70.3 Å². The lowest BCUT2D eigenvalue weighted by Crippen LogP contribution is -2.18. The molecule has 0 saturated carbocycles. The van der Waals surface area contributed by atoms with E-state index < -0.39 is 21.7 Å². The van der Waals surface area contributed by atoms with E-state index in [0.29, 0.717) is 16.7 Å². The number of halogens is 1. The average Bonchev–Trinajstić information content (AvgIpc) is 3.33. The maximum absolute atomic E-state index is 13.6. The molecule has 0 saturated heterocycles. The van der Waals surface area contributed by atoms with Crippen molar-refractivity contribution in [3.8, 4) is 17.3 Å². The number of oxazole rings is 1. The predicted octanol–water partition coefficient (Wildman–Crippen LogP) is 4.55. The smallest absolute Gasteiger partial charge is 0.277 e. The number of nitrogens with one attached hydrogen (secondary N) is 2. The number of sulfonamides is 1. The molecule has 35 heavy (non-hydrogen) atoms. The number of carbonyl (C=O) groups excluding carboxylic acids is 1. The molecule has 4 aromatic rings. The third kappa shape index (κ3) is 5.14. The van der Waals surface area contributed by atoms with Gasteiger partial charge in [-0.25, -0.2) is 22.8 Å². The Morgan fingerprint density at radius 3 is 2.43 bits per heavy atom. The molecule has 0 aliphatic heterocycles. The van der Waals surface area contributed by atoms with Gasteiger partial charge in [0.1, 0.15) is 12.1 Å². The second kappa shape index (κ2) is 9.55. The van der Waals surface area contributed by atoms with E-state index in [0.717, 1.165) is 0 Å². The van der Waals surface area contributed by atoms with Crippen molar-refractivity contribution in [2.75, 3.05) is 17.1 Å². The molecule has 9 nitrogen and oxygen atoms in total. The molecule has 4 rings (SSSR count). The van der Waals surface area contributed by atoms with Crippen molar-refractivity contribution in [3.63, 3.8) is 0 Å². The molecule has 2 aromatic carbocycles. The van der Waals surface area contributed by atoms with Gasteiger partial charge in [-0.1, -0.05) is 18.2 Å². The average molecular weight is 497 g/mol. The van der Waals surface area contributed by atoms with Gasteiger partial charge in [0, 0.05) is 5.56 Å². The van der Waals surface area contributed by atoms with Crippen LogP contribution in [0.2, 0.25) is 0 Å². The molecule has 0 aliphatic carbocycles. The Morgan fingerprint density at radius 1 is 1.09 bits per heavy atom. The van der Waals surface area contributed by atoms with E-state index >= 15 is 0 Å². The highest BCUT2D eigenvalue weighted by Crippen LogP contribution is 2.30. The van der Waals surface area contributed by atoms with Crippen molar-refractivity contribution in [1.29, 1.82) is 0 Å². The number of rotatable bonds is 7. The third-order valence-corrected chi connectivity index (χ3v) is 6.39. The first-order valence-electron chi connectivity index (χ1n) is 10.3. The molecule has 0 spiro atoms. The second-order valence-corrected chi connectivity index (χ2v) is 9.26. The van der Waals surface area contributed by atoms with E-state index in [4.69, 9.17) is 9.15 Å². The Bertz CT molecular complexity index is 1480. The number of hydrogen-bond donors (Lipinski definition) is 2. The van der Waals surface area contributed by atoms with E-state index in [1.54, 1.807) is 26.0 Å². The summed E-state index contributed by atoms with van der Waals surface area (Å²) >= 11 is 0. The van der Waals surface area contributed by atoms with Crippen LogP contribution in [-0.2, 0) is 10.0 Å². The van der Waals surface area contributed by atoms with Gasteiger partial charge in [-0.15, -0.1) is 0 Å². The minimum Gasteiger partial charge on any atom is -0.480 e. The number of methoxy groups -OCH3 is 1. The van der Waals surface area contributed by atoms with Crippen LogP contribution in [0.1, 0.15) is 21.6 Å². The maximum Gasteiger partial charge on any atom is 0.277 e. The molecular formula is C24H21FN4O5S. The zero-order valence-corrected chi connectivity index (χ0v) is 19.8. The summed E-state index contributed by atoms with van der Waals surface area (Å²) in [5, 5.41) is 2.56. The highest BCUT2D eigenvalue weighted by Gasteiger charge is 2.24. The Kier molecular flexibility index (Phi) is 6.52. The van der Waals surface area contributed by atoms with Crippen LogP contribution < -0.4 is 14.8 Å². The Balaban J connectivity index is 1.61. The molecule has 11 heteroatoms. The fourth-order valence-electron chi connectivity index (χ4n) is 3.39. The van der Waals surface area contributed by atoms with Crippen LogP contribution in [-0.4, -0.2) is 31.4 Å². The van der Waals surface area contributed by atoms with Crippen LogP contribution >= 0.6 is 0 Å². The van der Waals surface area contributed by atoms with Gasteiger partial charge in [0.05, 0.1) is 24.7 Å². The highest BCUT2D eigenvalue weighted by atomic mass is 32.2. The zero-order valence-electron chi connectivity index (χ0n) is 19.0. The largest absolute Gasteiger partial charge is 0.480 e. The van der Waals surface area contributed by atoms with E-state index in [9.17, 15) is 17.6 Å². The van der Waals surface area contributed by atoms with Gasteiger partial charge in [-0.2, -0.15) is 0 Å². The number of anilines is 2. The molecular weight excluding hydrogens is 475 g/mol. The number of hydrogen-bond acceptors (Lipinski definition) is 7. The van der Waals surface area contributed by atoms with Crippen molar-refractivity contribution < 1.29 is 26.8 Å². The summed E-state index contributed by atoms with van der Waals surface area (Å²) in [5.74, 6) is -1.01. The van der Waals surface area contributed by atoms with Gasteiger partial charge in [-0.05, 0) is 55.3 Å². The molecule has 0 bridgehead atoms. The first-order chi connectivity index (χ1) is 16.7. The van der Waals surface area contributed by atoms with Crippen molar-refractivity contribution in [3.05, 3.63) is 83.6 Å². The number of amides is 1. The van der Waals surface area contributed by atoms with E-state index in [1.807, 2.05) is 18.2 Å². The Labute approximate surface area is 201 Å². The number of aromatic nitrogens is 2. The van der Waals surface area contributed by atoms with Crippen LogP contribution in [0, 0.1) is 19.7 Å². The number of carbonyl (C=O) groups is 1. The minimum atomic E-state index is -4.21. The molecule has 0 aliphatic rings. The zero-order chi connectivity index (χ0) is 25.2. The number of benzene rings is 2. The lowest BCUT2D eigenvalue weighted by molar-refractivity contribution is 0.102. The van der Waals surface area contributed by atoms with Crippen LogP contribution in [0.3, 0.4) is 0 Å². The second-order valence-electron chi connectivity index (χ2n) is 7.61. The molecule has 0 unspecified atom stereocenters. The fourth-order valence-corrected chi connectivity index (χ4v) is 4.74. The molecule has 1 amide bonds. The molecule has 2 heterocycles. The van der Waals surface area contributed by atoms with Crippen LogP contribution in [0.4, 0.5) is 15.8 Å². The van der Waals surface area contributed by atoms with Crippen molar-refractivity contribution in [2.24, 2.45) is 0 Å². The molecule has 0 radical (unpaired) electrons. The van der Waals surface area contributed by atoms with Gasteiger partial charge in [0.2, 0.25) is 11.8 Å². The molecule has 0 fully saturated rings. The number of ether oxygens (including phenoxy) is 1. The number of nitrogens with zero attached hydrogens (tertiary/aromatic N) is 2. The van der Waals surface area contributed by atoms with Crippen LogP contribution in [0.5, 0.6) is 5.88 Å². The molecule has 0 atom stereocenters. The lowest BCUT2D eigenvalue weighted by Gasteiger charge is -2.15. The van der Waals surface area contributed by atoms with Crippen LogP contribution in [0.25, 0.3) is 11.5 Å². The van der Waals surface area contributed by atoms with Crippen molar-refractivity contribution in [2.45, 2.75) is 18.7 Å². The number of pyridine rings is 1. The van der Waals surface area contributed by atoms with Gasteiger partial charge < -0.3 is 14.5 Å². The lowest BCUT2D eigenvalue weighted by atomic mass is 10.1. The normalized spacial score (nSPS) is 11.2. The summed E-state index contributed by atoms with van der Waals surface area (Å²) in [4.78, 5) is 20.6. The van der Waals surface area contributed by atoms with Gasteiger partial charge in [0.15, 0.2) is 10.6 Å². The maximum atomic E-state index is 13.6. The van der Waals surface area contributed by atoms with Gasteiger partial charge in [-0.3, -0.25) is 9.52 Å². The first kappa shape index (κ1) is 23.9. The SMILES string of the molecule is COc1ncc(NC(=O)c2coc(-c3ccccc3)n2)cc1S(=O)(=O)Nc1c(C)cc(F)cc1C. The molecule has 180 valence electrons. The van der Waals surface area contributed by atoms with E-state index in [1.165, 1.54) is 37.8 Å². The summed E-state index contributed by atoms with van der Waals surface area (Å²) in [6.07, 6.45) is 2.45. The fraction of sp³-hybridized carbons (Fsp3) is 0.125. The quantitative estimate of drug-likeness (QED) is 0.385. The number of aryl methyl sites for hydroxylation is 2. The highest BCUT2D eigenvalue weighted by molar-refractivity contribution is 7.92. The monoisotopic (exact) mass is 496 g/mol. The summed E-state index contributed by atoms with van der Waals surface area (Å²) in [7, 11) is -2.94. The third-order valence-electron chi connectivity index (χ3n) is 5.05.